The summed E-state index contributed by atoms with van der Waals surface area (Å²) in [6.07, 6.45) is 1.48. The molecule has 1 N–H and O–H groups in total. The summed E-state index contributed by atoms with van der Waals surface area (Å²) in [6, 6.07) is 17.4. The molecule has 1 atom stereocenters. The second kappa shape index (κ2) is 9.59. The number of para-hydroxylation sites is 1. The minimum Gasteiger partial charge on any atom is -0.453 e. The van der Waals surface area contributed by atoms with Gasteiger partial charge in [-0.05, 0) is 37.3 Å². The van der Waals surface area contributed by atoms with Gasteiger partial charge in [0.05, 0.1) is 26.8 Å². The number of carbonyl (C=O) groups excluding carboxylic acids is 1. The van der Waals surface area contributed by atoms with Crippen LogP contribution in [-0.4, -0.2) is 38.2 Å². The van der Waals surface area contributed by atoms with Gasteiger partial charge in [0.25, 0.3) is 15.7 Å². The van der Waals surface area contributed by atoms with E-state index in [0.29, 0.717) is 16.5 Å². The standard InChI is InChI=1S/C26H23N3O8S2/c1-18-6-10-21(11-7-18)39(35,36)28-16-23(22-4-2-3-5-24(22)28)26(15-14-25(30)37-26)17-27-38(33,34)20-12-8-19(9-13-20)29(31)32/h2-13,16,27H,14-15,17H2,1H3. The van der Waals surface area contributed by atoms with Crippen molar-refractivity contribution < 1.29 is 31.3 Å². The van der Waals surface area contributed by atoms with Crippen LogP contribution in [0.15, 0.2) is 88.8 Å². The molecule has 11 nitrogen and oxygen atoms in total. The molecule has 0 radical (unpaired) electrons. The number of fused-ring (bicyclic) bond motifs is 1. The van der Waals surface area contributed by atoms with Crippen molar-refractivity contribution in [2.75, 3.05) is 6.54 Å². The molecule has 1 fully saturated rings. The van der Waals surface area contributed by atoms with Crippen LogP contribution in [0, 0.1) is 17.0 Å². The van der Waals surface area contributed by atoms with Crippen LogP contribution in [0.4, 0.5) is 5.69 Å². The lowest BCUT2D eigenvalue weighted by Crippen LogP contribution is -2.40. The third kappa shape index (κ3) is 4.80. The van der Waals surface area contributed by atoms with Crippen LogP contribution < -0.4 is 4.72 Å². The maximum Gasteiger partial charge on any atom is 0.306 e. The summed E-state index contributed by atoms with van der Waals surface area (Å²) < 4.78 is 62.6. The van der Waals surface area contributed by atoms with E-state index in [0.717, 1.165) is 33.8 Å². The van der Waals surface area contributed by atoms with E-state index in [1.165, 1.54) is 18.3 Å². The van der Waals surface area contributed by atoms with Gasteiger partial charge in [-0.2, -0.15) is 0 Å². The number of hydrogen-bond donors (Lipinski definition) is 1. The van der Waals surface area contributed by atoms with Crippen molar-refractivity contribution >= 4 is 42.6 Å². The summed E-state index contributed by atoms with van der Waals surface area (Å²) >= 11 is 0. The van der Waals surface area contributed by atoms with Gasteiger partial charge in [0.2, 0.25) is 10.0 Å². The number of ether oxygens (including phenoxy) is 1. The zero-order valence-corrected chi connectivity index (χ0v) is 22.2. The number of carbonyl (C=O) groups is 1. The number of aryl methyl sites for hydroxylation is 1. The monoisotopic (exact) mass is 569 g/mol. The minimum atomic E-state index is -4.16. The maximum absolute atomic E-state index is 13.6. The number of nitrogens with zero attached hydrogens (tertiary/aromatic N) is 2. The first-order chi connectivity index (χ1) is 18.4. The van der Waals surface area contributed by atoms with Crippen LogP contribution in [0.3, 0.4) is 0 Å². The summed E-state index contributed by atoms with van der Waals surface area (Å²) in [6.45, 7) is 1.46. The molecule has 202 valence electrons. The van der Waals surface area contributed by atoms with Gasteiger partial charge in [-0.15, -0.1) is 0 Å². The number of sulfonamides is 1. The molecule has 3 aromatic carbocycles. The Hall–Kier alpha value is -4.07. The molecule has 39 heavy (non-hydrogen) atoms. The molecule has 0 bridgehead atoms. The molecule has 0 amide bonds. The van der Waals surface area contributed by atoms with Crippen LogP contribution in [0.5, 0.6) is 0 Å². The van der Waals surface area contributed by atoms with Crippen molar-refractivity contribution in [3.05, 3.63) is 100 Å². The van der Waals surface area contributed by atoms with Gasteiger partial charge in [-0.25, -0.2) is 25.5 Å². The smallest absolute Gasteiger partial charge is 0.306 e. The molecule has 1 saturated heterocycles. The lowest BCUT2D eigenvalue weighted by molar-refractivity contribution is -0.384. The molecule has 1 unspecified atom stereocenters. The fraction of sp³-hybridized carbons (Fsp3) is 0.192. The first kappa shape index (κ1) is 26.5. The molecule has 2 heterocycles. The van der Waals surface area contributed by atoms with Crippen molar-refractivity contribution in [3.8, 4) is 0 Å². The highest BCUT2D eigenvalue weighted by molar-refractivity contribution is 7.90. The van der Waals surface area contributed by atoms with E-state index >= 15 is 0 Å². The molecule has 1 aromatic heterocycles. The van der Waals surface area contributed by atoms with Crippen LogP contribution in [0.25, 0.3) is 10.9 Å². The molecule has 0 aliphatic carbocycles. The van der Waals surface area contributed by atoms with Gasteiger partial charge >= 0.3 is 5.97 Å². The number of esters is 1. The van der Waals surface area contributed by atoms with Crippen LogP contribution in [0.1, 0.15) is 24.0 Å². The van der Waals surface area contributed by atoms with Crippen molar-refractivity contribution in [2.24, 2.45) is 0 Å². The second-order valence-electron chi connectivity index (χ2n) is 9.22. The first-order valence-electron chi connectivity index (χ1n) is 11.8. The quantitative estimate of drug-likeness (QED) is 0.192. The van der Waals surface area contributed by atoms with E-state index < -0.39 is 36.5 Å². The van der Waals surface area contributed by atoms with E-state index in [1.807, 2.05) is 6.92 Å². The average molecular weight is 570 g/mol. The summed E-state index contributed by atoms with van der Waals surface area (Å²) in [5, 5.41) is 11.4. The number of non-ortho nitro benzene ring substituents is 1. The summed E-state index contributed by atoms with van der Waals surface area (Å²) in [5.41, 5.74) is -0.181. The van der Waals surface area contributed by atoms with E-state index in [4.69, 9.17) is 4.74 Å². The number of rotatable bonds is 8. The van der Waals surface area contributed by atoms with Crippen molar-refractivity contribution in [2.45, 2.75) is 35.2 Å². The Kier molecular flexibility index (Phi) is 6.53. The van der Waals surface area contributed by atoms with E-state index in [-0.39, 0.29) is 34.9 Å². The fourth-order valence-electron chi connectivity index (χ4n) is 4.61. The van der Waals surface area contributed by atoms with Crippen molar-refractivity contribution in [3.63, 3.8) is 0 Å². The number of aromatic nitrogens is 1. The Morgan fingerprint density at radius 2 is 1.62 bits per heavy atom. The van der Waals surface area contributed by atoms with Gasteiger partial charge in [0.1, 0.15) is 0 Å². The fourth-order valence-corrected chi connectivity index (χ4v) is 7.06. The Balaban J connectivity index is 1.57. The van der Waals surface area contributed by atoms with Gasteiger partial charge in [0, 0.05) is 42.1 Å². The zero-order valence-electron chi connectivity index (χ0n) is 20.6. The van der Waals surface area contributed by atoms with Gasteiger partial charge in [-0.1, -0.05) is 35.9 Å². The number of hydrogen-bond acceptors (Lipinski definition) is 8. The predicted molar refractivity (Wildman–Crippen MR) is 141 cm³/mol. The molecule has 4 aromatic rings. The largest absolute Gasteiger partial charge is 0.453 e. The number of nitro groups is 1. The number of nitrogens with one attached hydrogen (secondary N) is 1. The van der Waals surface area contributed by atoms with Gasteiger partial charge in [0.15, 0.2) is 5.60 Å². The van der Waals surface area contributed by atoms with Crippen LogP contribution >= 0.6 is 0 Å². The number of benzene rings is 3. The number of nitro benzene ring substituents is 1. The van der Waals surface area contributed by atoms with Gasteiger partial charge in [-0.3, -0.25) is 14.9 Å². The third-order valence-corrected chi connectivity index (χ3v) is 9.80. The second-order valence-corrected chi connectivity index (χ2v) is 12.8. The predicted octanol–water partition coefficient (Wildman–Crippen LogP) is 3.61. The highest BCUT2D eigenvalue weighted by atomic mass is 32.2. The average Bonchev–Trinajstić information content (AvgIpc) is 3.50. The molecule has 1 aliphatic heterocycles. The van der Waals surface area contributed by atoms with E-state index in [1.54, 1.807) is 36.4 Å². The Morgan fingerprint density at radius 3 is 2.23 bits per heavy atom. The Bertz CT molecular complexity index is 1810. The Labute approximate surface area is 224 Å². The topological polar surface area (TPSA) is 155 Å². The van der Waals surface area contributed by atoms with Crippen LogP contribution in [0.2, 0.25) is 0 Å². The molecule has 13 heteroatoms. The third-order valence-electron chi connectivity index (χ3n) is 6.69. The highest BCUT2D eigenvalue weighted by Crippen LogP contribution is 2.42. The molecular weight excluding hydrogens is 546 g/mol. The summed E-state index contributed by atoms with van der Waals surface area (Å²) in [7, 11) is -8.21. The van der Waals surface area contributed by atoms with E-state index in [2.05, 4.69) is 4.72 Å². The molecule has 5 rings (SSSR count). The minimum absolute atomic E-state index is 0.00345. The van der Waals surface area contributed by atoms with Gasteiger partial charge < -0.3 is 4.74 Å². The van der Waals surface area contributed by atoms with E-state index in [9.17, 15) is 31.7 Å². The molecule has 1 aliphatic rings. The van der Waals surface area contributed by atoms with Crippen LogP contribution in [-0.2, 0) is 35.2 Å². The Morgan fingerprint density at radius 1 is 0.974 bits per heavy atom. The first-order valence-corrected chi connectivity index (χ1v) is 14.7. The SMILES string of the molecule is Cc1ccc(S(=O)(=O)n2cc(C3(CNS(=O)(=O)c4ccc([N+](=O)[O-])cc4)CCC(=O)O3)c3ccccc32)cc1. The molecular formula is C26H23N3O8S2. The van der Waals surface area contributed by atoms with Crippen molar-refractivity contribution in [1.82, 2.24) is 8.69 Å². The summed E-state index contributed by atoms with van der Waals surface area (Å²) in [4.78, 5) is 22.5. The highest BCUT2D eigenvalue weighted by Gasteiger charge is 2.45. The number of cyclic esters (lactones) is 1. The molecule has 0 spiro atoms. The normalized spacial score (nSPS) is 17.8. The van der Waals surface area contributed by atoms with Crippen molar-refractivity contribution in [1.29, 1.82) is 0 Å². The zero-order chi connectivity index (χ0) is 28.0. The summed E-state index contributed by atoms with van der Waals surface area (Å²) in [5.74, 6) is -0.553. The lowest BCUT2D eigenvalue weighted by atomic mass is 9.90. The maximum atomic E-state index is 13.6. The molecule has 0 saturated carbocycles. The lowest BCUT2D eigenvalue weighted by Gasteiger charge is -2.28.